The number of nitrogens with one attached hydrogen (secondary N) is 1. The lowest BCUT2D eigenvalue weighted by Gasteiger charge is -2.11. The number of carbonyl (C=O) groups excluding carboxylic acids is 1. The molecular formula is C15H15F2NO2S. The minimum absolute atomic E-state index is 0.120. The van der Waals surface area contributed by atoms with Crippen molar-refractivity contribution in [1.82, 2.24) is 5.32 Å². The average molecular weight is 311 g/mol. The quantitative estimate of drug-likeness (QED) is 0.853. The van der Waals surface area contributed by atoms with Crippen LogP contribution in [-0.4, -0.2) is 11.7 Å². The number of rotatable bonds is 5. The third-order valence-electron chi connectivity index (χ3n) is 2.83. The van der Waals surface area contributed by atoms with E-state index >= 15 is 0 Å². The van der Waals surface area contributed by atoms with Crippen LogP contribution in [0.4, 0.5) is 8.78 Å². The summed E-state index contributed by atoms with van der Waals surface area (Å²) in [7, 11) is 0. The van der Waals surface area contributed by atoms with Gasteiger partial charge in [-0.15, -0.1) is 11.8 Å². The highest BCUT2D eigenvalue weighted by Gasteiger charge is 2.13. The molecular weight excluding hydrogens is 296 g/mol. The predicted octanol–water partition coefficient (Wildman–Crippen LogP) is 3.84. The first-order chi connectivity index (χ1) is 9.95. The molecule has 0 spiro atoms. The van der Waals surface area contributed by atoms with E-state index in [0.717, 1.165) is 29.7 Å². The highest BCUT2D eigenvalue weighted by molar-refractivity contribution is 8.00. The maximum absolute atomic E-state index is 13.0. The Morgan fingerprint density at radius 1 is 1.29 bits per heavy atom. The minimum atomic E-state index is -0.917. The zero-order valence-electron chi connectivity index (χ0n) is 11.7. The van der Waals surface area contributed by atoms with Crippen LogP contribution >= 0.6 is 11.8 Å². The second kappa shape index (κ2) is 6.76. The van der Waals surface area contributed by atoms with Gasteiger partial charge in [0.05, 0.1) is 11.8 Å². The third kappa shape index (κ3) is 4.32. The van der Waals surface area contributed by atoms with E-state index in [4.69, 9.17) is 4.42 Å². The molecule has 1 atom stereocenters. The molecule has 3 nitrogen and oxygen atoms in total. The van der Waals surface area contributed by atoms with Crippen LogP contribution in [0.1, 0.15) is 24.5 Å². The molecule has 0 aliphatic rings. The number of aryl methyl sites for hydroxylation is 1. The van der Waals surface area contributed by atoms with Crippen molar-refractivity contribution in [2.24, 2.45) is 0 Å². The molecule has 0 saturated carbocycles. The Bertz CT molecular complexity index is 642. The molecule has 21 heavy (non-hydrogen) atoms. The van der Waals surface area contributed by atoms with Gasteiger partial charge < -0.3 is 9.73 Å². The molecule has 1 N–H and O–H groups in total. The molecule has 6 heteroatoms. The zero-order valence-corrected chi connectivity index (χ0v) is 12.5. The van der Waals surface area contributed by atoms with Crippen molar-refractivity contribution in [3.05, 3.63) is 53.5 Å². The number of amides is 1. The zero-order chi connectivity index (χ0) is 15.4. The first-order valence-corrected chi connectivity index (χ1v) is 7.38. The number of hydrogen-bond donors (Lipinski definition) is 1. The second-order valence-corrected chi connectivity index (χ2v) is 5.65. The summed E-state index contributed by atoms with van der Waals surface area (Å²) < 4.78 is 31.2. The normalized spacial score (nSPS) is 12.2. The van der Waals surface area contributed by atoms with Crippen molar-refractivity contribution in [1.29, 1.82) is 0 Å². The molecule has 1 aromatic carbocycles. The summed E-state index contributed by atoms with van der Waals surface area (Å²) in [6.07, 6.45) is 0. The Morgan fingerprint density at radius 3 is 2.67 bits per heavy atom. The van der Waals surface area contributed by atoms with E-state index in [9.17, 15) is 13.6 Å². The Morgan fingerprint density at radius 2 is 2.05 bits per heavy atom. The number of hydrogen-bond acceptors (Lipinski definition) is 3. The number of furan rings is 1. The summed E-state index contributed by atoms with van der Waals surface area (Å²) in [5, 5.41) is 2.78. The van der Waals surface area contributed by atoms with Gasteiger partial charge in [-0.05, 0) is 44.2 Å². The summed E-state index contributed by atoms with van der Waals surface area (Å²) in [4.78, 5) is 12.3. The summed E-state index contributed by atoms with van der Waals surface area (Å²) in [6.45, 7) is 3.65. The molecule has 1 amide bonds. The van der Waals surface area contributed by atoms with Gasteiger partial charge in [0, 0.05) is 4.90 Å². The van der Waals surface area contributed by atoms with Crippen LogP contribution in [0.5, 0.6) is 0 Å². The molecule has 2 aromatic rings. The van der Waals surface area contributed by atoms with Gasteiger partial charge in [0.1, 0.15) is 11.5 Å². The third-order valence-corrected chi connectivity index (χ3v) is 3.82. The first kappa shape index (κ1) is 15.6. The maximum atomic E-state index is 13.0. The summed E-state index contributed by atoms with van der Waals surface area (Å²) in [6, 6.07) is 6.96. The van der Waals surface area contributed by atoms with E-state index in [1.54, 1.807) is 0 Å². The van der Waals surface area contributed by atoms with Crippen molar-refractivity contribution in [3.8, 4) is 0 Å². The molecule has 0 bridgehead atoms. The van der Waals surface area contributed by atoms with Crippen LogP contribution in [0.2, 0.25) is 0 Å². The summed E-state index contributed by atoms with van der Waals surface area (Å²) >= 11 is 1.14. The molecule has 1 heterocycles. The van der Waals surface area contributed by atoms with Crippen molar-refractivity contribution in [2.45, 2.75) is 24.8 Å². The fourth-order valence-electron chi connectivity index (χ4n) is 1.76. The SMILES string of the molecule is Cc1ccc(C(C)NC(=O)CSc2ccc(F)c(F)c2)o1. The smallest absolute Gasteiger partial charge is 0.230 e. The predicted molar refractivity (Wildman–Crippen MR) is 77.1 cm³/mol. The fraction of sp³-hybridized carbons (Fsp3) is 0.267. The van der Waals surface area contributed by atoms with Crippen molar-refractivity contribution >= 4 is 17.7 Å². The van der Waals surface area contributed by atoms with Crippen LogP contribution < -0.4 is 5.32 Å². The number of benzene rings is 1. The van der Waals surface area contributed by atoms with Crippen LogP contribution in [-0.2, 0) is 4.79 Å². The average Bonchev–Trinajstić information content (AvgIpc) is 2.87. The first-order valence-electron chi connectivity index (χ1n) is 6.39. The highest BCUT2D eigenvalue weighted by atomic mass is 32.2. The highest BCUT2D eigenvalue weighted by Crippen LogP contribution is 2.21. The van der Waals surface area contributed by atoms with Gasteiger partial charge in [-0.2, -0.15) is 0 Å². The van der Waals surface area contributed by atoms with E-state index in [0.29, 0.717) is 10.7 Å². The molecule has 0 radical (unpaired) electrons. The maximum Gasteiger partial charge on any atom is 0.230 e. The van der Waals surface area contributed by atoms with Gasteiger partial charge in [0.25, 0.3) is 0 Å². The van der Waals surface area contributed by atoms with Crippen LogP contribution in [0.3, 0.4) is 0 Å². The number of thioether (sulfide) groups is 1. The van der Waals surface area contributed by atoms with Gasteiger partial charge in [0.15, 0.2) is 11.6 Å². The Balaban J connectivity index is 1.85. The Labute approximate surface area is 125 Å². The standard InChI is InChI=1S/C15H15F2NO2S/c1-9-3-6-14(20-9)10(2)18-15(19)8-21-11-4-5-12(16)13(17)7-11/h3-7,10H,8H2,1-2H3,(H,18,19). The van der Waals surface area contributed by atoms with E-state index in [-0.39, 0.29) is 17.7 Å². The minimum Gasteiger partial charge on any atom is -0.464 e. The van der Waals surface area contributed by atoms with Crippen LogP contribution in [0.15, 0.2) is 39.6 Å². The lowest BCUT2D eigenvalue weighted by atomic mass is 10.2. The lowest BCUT2D eigenvalue weighted by molar-refractivity contribution is -0.119. The van der Waals surface area contributed by atoms with Crippen molar-refractivity contribution in [2.75, 3.05) is 5.75 Å². The monoisotopic (exact) mass is 311 g/mol. The lowest BCUT2D eigenvalue weighted by Crippen LogP contribution is -2.27. The van der Waals surface area contributed by atoms with Gasteiger partial charge >= 0.3 is 0 Å². The Kier molecular flexibility index (Phi) is 5.01. The van der Waals surface area contributed by atoms with Crippen molar-refractivity contribution < 1.29 is 18.0 Å². The number of carbonyl (C=O) groups is 1. The van der Waals surface area contributed by atoms with Gasteiger partial charge in [-0.3, -0.25) is 4.79 Å². The van der Waals surface area contributed by atoms with E-state index in [2.05, 4.69) is 5.32 Å². The summed E-state index contributed by atoms with van der Waals surface area (Å²) in [5.41, 5.74) is 0. The van der Waals surface area contributed by atoms with E-state index < -0.39 is 11.6 Å². The van der Waals surface area contributed by atoms with Crippen LogP contribution in [0.25, 0.3) is 0 Å². The van der Waals surface area contributed by atoms with E-state index in [1.807, 2.05) is 26.0 Å². The molecule has 1 unspecified atom stereocenters. The molecule has 0 aliphatic heterocycles. The van der Waals surface area contributed by atoms with E-state index in [1.165, 1.54) is 6.07 Å². The fourth-order valence-corrected chi connectivity index (χ4v) is 2.49. The molecule has 0 fully saturated rings. The number of halogens is 2. The molecule has 1 aromatic heterocycles. The van der Waals surface area contributed by atoms with Gasteiger partial charge in [-0.25, -0.2) is 8.78 Å². The van der Waals surface area contributed by atoms with Crippen LogP contribution in [0, 0.1) is 18.6 Å². The molecule has 112 valence electrons. The molecule has 2 rings (SSSR count). The summed E-state index contributed by atoms with van der Waals surface area (Å²) in [5.74, 6) is -0.438. The second-order valence-electron chi connectivity index (χ2n) is 4.60. The van der Waals surface area contributed by atoms with Gasteiger partial charge in [-0.1, -0.05) is 0 Å². The molecule has 0 aliphatic carbocycles. The van der Waals surface area contributed by atoms with Gasteiger partial charge in [0.2, 0.25) is 5.91 Å². The largest absolute Gasteiger partial charge is 0.464 e. The van der Waals surface area contributed by atoms with Crippen molar-refractivity contribution in [3.63, 3.8) is 0 Å². The Hall–Kier alpha value is -1.82. The topological polar surface area (TPSA) is 42.2 Å². The molecule has 0 saturated heterocycles.